The lowest BCUT2D eigenvalue weighted by Crippen LogP contribution is -2.47. The first-order valence-electron chi connectivity index (χ1n) is 7.00. The van der Waals surface area contributed by atoms with Crippen LogP contribution in [0, 0.1) is 0 Å². The van der Waals surface area contributed by atoms with E-state index < -0.39 is 0 Å². The topological polar surface area (TPSA) is 62.5 Å². The van der Waals surface area contributed by atoms with E-state index in [2.05, 4.69) is 54.7 Å². The van der Waals surface area contributed by atoms with Gasteiger partial charge in [0.05, 0.1) is 0 Å². The molecular weight excluding hydrogens is 266 g/mol. The average molecular weight is 281 g/mol. The third-order valence-corrected chi connectivity index (χ3v) is 3.78. The van der Waals surface area contributed by atoms with Gasteiger partial charge in [0.1, 0.15) is 0 Å². The first kappa shape index (κ1) is 12.1. The zero-order valence-electron chi connectivity index (χ0n) is 11.5. The monoisotopic (exact) mass is 281 g/mol. The van der Waals surface area contributed by atoms with Crippen LogP contribution in [0.4, 0.5) is 11.5 Å². The first-order valence-corrected chi connectivity index (χ1v) is 7.00. The maximum Gasteiger partial charge on any atom is 0.200 e. The van der Waals surface area contributed by atoms with Crippen LogP contribution in [0.2, 0.25) is 0 Å². The van der Waals surface area contributed by atoms with Crippen LogP contribution in [-0.2, 0) is 0 Å². The minimum absolute atomic E-state index is 0.668. The Kier molecular flexibility index (Phi) is 2.88. The summed E-state index contributed by atoms with van der Waals surface area (Å²) in [4.78, 5) is 4.66. The smallest absolute Gasteiger partial charge is 0.200 e. The van der Waals surface area contributed by atoms with Gasteiger partial charge in [-0.05, 0) is 34.7 Å². The van der Waals surface area contributed by atoms with Gasteiger partial charge >= 0.3 is 0 Å². The lowest BCUT2D eigenvalue weighted by molar-refractivity contribution is 0.633. The van der Waals surface area contributed by atoms with E-state index >= 15 is 0 Å². The molecule has 0 radical (unpaired) electrons. The zero-order chi connectivity index (χ0) is 14.1. The van der Waals surface area contributed by atoms with E-state index in [-0.39, 0.29) is 0 Å². The zero-order valence-corrected chi connectivity index (χ0v) is 11.5. The Morgan fingerprint density at radius 1 is 0.810 bits per heavy atom. The van der Waals surface area contributed by atoms with E-state index in [1.165, 1.54) is 10.3 Å². The molecule has 4 rings (SSSR count). The number of benzene rings is 1. The van der Waals surface area contributed by atoms with Crippen LogP contribution in [-0.4, -0.2) is 51.4 Å². The summed E-state index contributed by atoms with van der Waals surface area (Å²) in [5, 5.41) is 15.8. The van der Waals surface area contributed by atoms with Crippen molar-refractivity contribution in [1.29, 1.82) is 0 Å². The number of aromatic nitrogens is 5. The molecule has 3 heterocycles. The SMILES string of the molecule is c1ccc(N2CCN(c3ccc4nnnn4n3)CC2)cc1. The van der Waals surface area contributed by atoms with E-state index in [4.69, 9.17) is 0 Å². The molecule has 0 bridgehead atoms. The van der Waals surface area contributed by atoms with Crippen LogP contribution in [0.15, 0.2) is 42.5 Å². The molecular formula is C14H15N7. The second-order valence-electron chi connectivity index (χ2n) is 5.03. The number of tetrazole rings is 1. The molecule has 0 unspecified atom stereocenters. The van der Waals surface area contributed by atoms with Gasteiger partial charge in [0, 0.05) is 31.9 Å². The average Bonchev–Trinajstić information content (AvgIpc) is 3.03. The minimum Gasteiger partial charge on any atom is -0.368 e. The summed E-state index contributed by atoms with van der Waals surface area (Å²) in [6.45, 7) is 3.85. The molecule has 1 aromatic carbocycles. The molecule has 1 saturated heterocycles. The van der Waals surface area contributed by atoms with Crippen LogP contribution in [0.25, 0.3) is 5.65 Å². The first-order chi connectivity index (χ1) is 10.4. The largest absolute Gasteiger partial charge is 0.368 e. The van der Waals surface area contributed by atoms with Crippen molar-refractivity contribution in [2.75, 3.05) is 36.0 Å². The van der Waals surface area contributed by atoms with Gasteiger partial charge in [0.25, 0.3) is 0 Å². The molecule has 1 aliphatic rings. The van der Waals surface area contributed by atoms with Crippen molar-refractivity contribution in [3.8, 4) is 0 Å². The number of rotatable bonds is 2. The number of fused-ring (bicyclic) bond motifs is 1. The predicted molar refractivity (Wildman–Crippen MR) is 79.4 cm³/mol. The second kappa shape index (κ2) is 5.01. The number of anilines is 2. The summed E-state index contributed by atoms with van der Waals surface area (Å²) in [6, 6.07) is 14.4. The molecule has 7 heteroatoms. The number of para-hydroxylation sites is 1. The summed E-state index contributed by atoms with van der Waals surface area (Å²) >= 11 is 0. The third kappa shape index (κ3) is 2.26. The second-order valence-corrected chi connectivity index (χ2v) is 5.03. The molecule has 0 amide bonds. The van der Waals surface area contributed by atoms with Crippen molar-refractivity contribution in [2.24, 2.45) is 0 Å². The minimum atomic E-state index is 0.668. The van der Waals surface area contributed by atoms with E-state index in [9.17, 15) is 0 Å². The summed E-state index contributed by atoms with van der Waals surface area (Å²) < 4.78 is 1.47. The normalized spacial score (nSPS) is 15.6. The van der Waals surface area contributed by atoms with Crippen LogP contribution >= 0.6 is 0 Å². The number of hydrogen-bond donors (Lipinski definition) is 0. The molecule has 0 aliphatic carbocycles. The Hall–Kier alpha value is -2.70. The molecule has 106 valence electrons. The van der Waals surface area contributed by atoms with Gasteiger partial charge < -0.3 is 9.80 Å². The van der Waals surface area contributed by atoms with Gasteiger partial charge in [-0.3, -0.25) is 0 Å². The molecule has 7 nitrogen and oxygen atoms in total. The quantitative estimate of drug-likeness (QED) is 0.694. The lowest BCUT2D eigenvalue weighted by Gasteiger charge is -2.36. The molecule has 21 heavy (non-hydrogen) atoms. The molecule has 0 N–H and O–H groups in total. The van der Waals surface area contributed by atoms with Crippen LogP contribution < -0.4 is 9.80 Å². The van der Waals surface area contributed by atoms with Gasteiger partial charge in [-0.15, -0.1) is 14.8 Å². The maximum atomic E-state index is 4.44. The predicted octanol–water partition coefficient (Wildman–Crippen LogP) is 0.846. The van der Waals surface area contributed by atoms with E-state index in [0.29, 0.717) is 5.65 Å². The Bertz CT molecular complexity index is 731. The highest BCUT2D eigenvalue weighted by Crippen LogP contribution is 2.18. The van der Waals surface area contributed by atoms with Gasteiger partial charge in [-0.2, -0.15) is 0 Å². The molecule has 1 fully saturated rings. The maximum absolute atomic E-state index is 4.44. The van der Waals surface area contributed by atoms with Crippen molar-refractivity contribution in [2.45, 2.75) is 0 Å². The van der Waals surface area contributed by atoms with E-state index in [0.717, 1.165) is 32.0 Å². The highest BCUT2D eigenvalue weighted by molar-refractivity contribution is 5.50. The molecule has 2 aromatic heterocycles. The number of hydrogen-bond acceptors (Lipinski definition) is 6. The third-order valence-electron chi connectivity index (χ3n) is 3.78. The lowest BCUT2D eigenvalue weighted by atomic mass is 10.2. The number of piperazine rings is 1. The van der Waals surface area contributed by atoms with Crippen LogP contribution in [0.3, 0.4) is 0 Å². The highest BCUT2D eigenvalue weighted by atomic mass is 15.6. The fraction of sp³-hybridized carbons (Fsp3) is 0.286. The Balaban J connectivity index is 1.49. The van der Waals surface area contributed by atoms with Crippen molar-refractivity contribution in [3.05, 3.63) is 42.5 Å². The van der Waals surface area contributed by atoms with E-state index in [1.807, 2.05) is 18.2 Å². The fourth-order valence-corrected chi connectivity index (χ4v) is 2.64. The summed E-state index contributed by atoms with van der Waals surface area (Å²) in [5.41, 5.74) is 1.95. The van der Waals surface area contributed by atoms with Crippen molar-refractivity contribution >= 4 is 17.2 Å². The highest BCUT2D eigenvalue weighted by Gasteiger charge is 2.18. The summed E-state index contributed by atoms with van der Waals surface area (Å²) in [7, 11) is 0. The van der Waals surface area contributed by atoms with Crippen molar-refractivity contribution in [3.63, 3.8) is 0 Å². The Morgan fingerprint density at radius 2 is 1.57 bits per heavy atom. The van der Waals surface area contributed by atoms with E-state index in [1.54, 1.807) is 0 Å². The summed E-state index contributed by atoms with van der Waals surface area (Å²) in [6.07, 6.45) is 0. The van der Waals surface area contributed by atoms with Gasteiger partial charge in [0.2, 0.25) is 0 Å². The van der Waals surface area contributed by atoms with Crippen molar-refractivity contribution < 1.29 is 0 Å². The Morgan fingerprint density at radius 3 is 2.38 bits per heavy atom. The summed E-state index contributed by atoms with van der Waals surface area (Å²) in [5.74, 6) is 0.919. The van der Waals surface area contributed by atoms with Gasteiger partial charge in [0.15, 0.2) is 11.5 Å². The van der Waals surface area contributed by atoms with Gasteiger partial charge in [-0.25, -0.2) is 0 Å². The fourth-order valence-electron chi connectivity index (χ4n) is 2.64. The standard InChI is InChI=1S/C14H15N7/c1-2-4-12(5-3-1)19-8-10-20(11-9-19)14-7-6-13-15-17-18-21(13)16-14/h1-7H,8-11H2. The molecule has 0 saturated carbocycles. The van der Waals surface area contributed by atoms with Crippen LogP contribution in [0.5, 0.6) is 0 Å². The van der Waals surface area contributed by atoms with Gasteiger partial charge in [-0.1, -0.05) is 18.2 Å². The molecule has 0 atom stereocenters. The number of nitrogens with zero attached hydrogens (tertiary/aromatic N) is 7. The Labute approximate surface area is 121 Å². The van der Waals surface area contributed by atoms with Crippen LogP contribution in [0.1, 0.15) is 0 Å². The van der Waals surface area contributed by atoms with Crippen molar-refractivity contribution in [1.82, 2.24) is 25.3 Å². The molecule has 1 aliphatic heterocycles. The molecule has 0 spiro atoms. The molecule has 3 aromatic rings.